The van der Waals surface area contributed by atoms with Crippen molar-refractivity contribution in [2.45, 2.75) is 25.2 Å². The Morgan fingerprint density at radius 1 is 1.16 bits per heavy atom. The molecule has 11 heteroatoms. The Balaban J connectivity index is 1.64. The van der Waals surface area contributed by atoms with Crippen LogP contribution in [-0.4, -0.2) is 81.9 Å². The van der Waals surface area contributed by atoms with Crippen molar-refractivity contribution >= 4 is 27.3 Å². The number of anilines is 1. The van der Waals surface area contributed by atoms with Crippen LogP contribution in [0.15, 0.2) is 23.1 Å². The number of piperazine rings is 1. The third-order valence-electron chi connectivity index (χ3n) is 6.02. The van der Waals surface area contributed by atoms with E-state index < -0.39 is 14.9 Å². The molecule has 2 aliphatic rings. The van der Waals surface area contributed by atoms with Crippen LogP contribution >= 0.6 is 0 Å². The highest BCUT2D eigenvalue weighted by Crippen LogP contribution is 2.31. The molecule has 1 aromatic rings. The highest BCUT2D eigenvalue weighted by Gasteiger charge is 2.29. The third kappa shape index (κ3) is 5.52. The average molecular weight is 454 g/mol. The van der Waals surface area contributed by atoms with Crippen LogP contribution in [0.4, 0.5) is 11.4 Å². The predicted octanol–water partition coefficient (Wildman–Crippen LogP) is 1.13. The zero-order chi connectivity index (χ0) is 22.8. The van der Waals surface area contributed by atoms with Crippen molar-refractivity contribution in [3.8, 4) is 0 Å². The summed E-state index contributed by atoms with van der Waals surface area (Å²) in [5.74, 6) is 1.17. The second-order valence-electron chi connectivity index (χ2n) is 8.62. The van der Waals surface area contributed by atoms with Crippen LogP contribution in [-0.2, 0) is 14.8 Å². The summed E-state index contributed by atoms with van der Waals surface area (Å²) in [7, 11) is -2.50. The van der Waals surface area contributed by atoms with Gasteiger partial charge in [-0.2, -0.15) is 0 Å². The van der Waals surface area contributed by atoms with Gasteiger partial charge in [0.25, 0.3) is 5.69 Å². The molecule has 1 amide bonds. The lowest BCUT2D eigenvalue weighted by atomic mass is 9.92. The first-order chi connectivity index (χ1) is 14.6. The normalized spacial score (nSPS) is 23.1. The summed E-state index contributed by atoms with van der Waals surface area (Å²) in [5, 5.41) is 11.6. The Hall–Kier alpha value is -2.24. The first kappa shape index (κ1) is 23.4. The fourth-order valence-corrected chi connectivity index (χ4v) is 5.26. The van der Waals surface area contributed by atoms with Crippen molar-refractivity contribution < 1.29 is 18.1 Å². The number of benzene rings is 1. The zero-order valence-corrected chi connectivity index (χ0v) is 19.1. The molecule has 2 unspecified atom stereocenters. The number of amides is 1. The number of sulfonamides is 1. The van der Waals surface area contributed by atoms with E-state index in [-0.39, 0.29) is 16.5 Å². The van der Waals surface area contributed by atoms with Crippen LogP contribution in [0.3, 0.4) is 0 Å². The van der Waals surface area contributed by atoms with Crippen molar-refractivity contribution in [2.24, 2.45) is 11.8 Å². The molecular weight excluding hydrogens is 422 g/mol. The van der Waals surface area contributed by atoms with Gasteiger partial charge in [-0.15, -0.1) is 0 Å². The number of likely N-dealkylation sites (tertiary alicyclic amines) is 1. The fraction of sp³-hybridized carbons (Fsp3) is 0.650. The van der Waals surface area contributed by atoms with Crippen molar-refractivity contribution in [1.29, 1.82) is 0 Å². The first-order valence-corrected chi connectivity index (χ1v) is 12.1. The number of carbonyl (C=O) groups excluding carboxylic acids is 1. The van der Waals surface area contributed by atoms with Crippen molar-refractivity contribution in [3.63, 3.8) is 0 Å². The predicted molar refractivity (Wildman–Crippen MR) is 118 cm³/mol. The van der Waals surface area contributed by atoms with E-state index in [9.17, 15) is 23.3 Å². The lowest BCUT2D eigenvalue weighted by Crippen LogP contribution is -2.52. The molecule has 2 atom stereocenters. The monoisotopic (exact) mass is 453 g/mol. The molecule has 0 saturated carbocycles. The fourth-order valence-electron chi connectivity index (χ4n) is 4.51. The molecule has 0 aromatic heterocycles. The van der Waals surface area contributed by atoms with Gasteiger partial charge in [0, 0.05) is 45.3 Å². The second-order valence-corrected chi connectivity index (χ2v) is 10.5. The molecule has 0 aliphatic carbocycles. The Labute approximate surface area is 183 Å². The summed E-state index contributed by atoms with van der Waals surface area (Å²) < 4.78 is 26.2. The van der Waals surface area contributed by atoms with E-state index in [1.54, 1.807) is 0 Å². The van der Waals surface area contributed by atoms with E-state index in [1.807, 2.05) is 9.80 Å². The number of rotatable bonds is 6. The van der Waals surface area contributed by atoms with Crippen molar-refractivity contribution in [2.75, 3.05) is 57.8 Å². The van der Waals surface area contributed by atoms with Gasteiger partial charge in [0.05, 0.1) is 16.4 Å². The number of nitro benzene ring substituents is 1. The molecule has 31 heavy (non-hydrogen) atoms. The molecule has 1 N–H and O–H groups in total. The smallest absolute Gasteiger partial charge is 0.293 e. The number of piperidine rings is 1. The Morgan fingerprint density at radius 3 is 2.32 bits per heavy atom. The van der Waals surface area contributed by atoms with Crippen LogP contribution in [0, 0.1) is 22.0 Å². The Kier molecular flexibility index (Phi) is 7.17. The number of nitrogens with one attached hydrogen (secondary N) is 1. The number of nitro groups is 1. The molecule has 2 aliphatic heterocycles. The molecular formula is C20H31N5O5S. The van der Waals surface area contributed by atoms with Gasteiger partial charge in [0.1, 0.15) is 5.69 Å². The topological polar surface area (TPSA) is 116 Å². The lowest BCUT2D eigenvalue weighted by Gasteiger charge is -2.38. The summed E-state index contributed by atoms with van der Waals surface area (Å²) in [4.78, 5) is 29.5. The average Bonchev–Trinajstić information content (AvgIpc) is 2.73. The van der Waals surface area contributed by atoms with Gasteiger partial charge in [-0.05, 0) is 37.4 Å². The van der Waals surface area contributed by atoms with E-state index >= 15 is 0 Å². The summed E-state index contributed by atoms with van der Waals surface area (Å²) in [5.41, 5.74) is 0.154. The molecule has 1 aromatic carbocycles. The van der Waals surface area contributed by atoms with Gasteiger partial charge in [-0.25, -0.2) is 13.1 Å². The maximum absolute atomic E-state index is 12.7. The van der Waals surface area contributed by atoms with E-state index in [1.165, 1.54) is 19.2 Å². The first-order valence-electron chi connectivity index (χ1n) is 10.6. The minimum absolute atomic E-state index is 0.138. The maximum atomic E-state index is 12.7. The molecule has 2 fully saturated rings. The molecule has 0 bridgehead atoms. The van der Waals surface area contributed by atoms with Gasteiger partial charge >= 0.3 is 0 Å². The van der Waals surface area contributed by atoms with E-state index in [0.717, 1.165) is 25.6 Å². The summed E-state index contributed by atoms with van der Waals surface area (Å²) >= 11 is 0. The minimum Gasteiger partial charge on any atom is -0.363 e. The van der Waals surface area contributed by atoms with Gasteiger partial charge in [0.15, 0.2) is 0 Å². The zero-order valence-electron chi connectivity index (χ0n) is 18.3. The van der Waals surface area contributed by atoms with Crippen molar-refractivity contribution in [1.82, 2.24) is 14.5 Å². The molecule has 2 saturated heterocycles. The van der Waals surface area contributed by atoms with Gasteiger partial charge in [-0.1, -0.05) is 13.8 Å². The molecule has 172 valence electrons. The van der Waals surface area contributed by atoms with Crippen LogP contribution in [0.2, 0.25) is 0 Å². The lowest BCUT2D eigenvalue weighted by molar-refractivity contribution is -0.384. The largest absolute Gasteiger partial charge is 0.363 e. The third-order valence-corrected chi connectivity index (χ3v) is 7.43. The van der Waals surface area contributed by atoms with Crippen LogP contribution < -0.4 is 9.62 Å². The molecule has 2 heterocycles. The van der Waals surface area contributed by atoms with Crippen LogP contribution in [0.5, 0.6) is 0 Å². The molecule has 10 nitrogen and oxygen atoms in total. The SMILES string of the molecule is CNS(=O)(=O)c1ccc(N2CCN(CC(=O)N3CC(C)CC(C)C3)CC2)c([N+](=O)[O-])c1. The second kappa shape index (κ2) is 9.49. The highest BCUT2D eigenvalue weighted by molar-refractivity contribution is 7.89. The molecule has 0 spiro atoms. The summed E-state index contributed by atoms with van der Waals surface area (Å²) in [6.07, 6.45) is 1.15. The van der Waals surface area contributed by atoms with Gasteiger partial charge in [-0.3, -0.25) is 19.8 Å². The molecule has 3 rings (SSSR count). The summed E-state index contributed by atoms with van der Waals surface area (Å²) in [6, 6.07) is 3.96. The minimum atomic E-state index is -3.77. The quantitative estimate of drug-likeness (QED) is 0.507. The number of hydrogen-bond acceptors (Lipinski definition) is 7. The number of carbonyl (C=O) groups is 1. The number of hydrogen-bond donors (Lipinski definition) is 1. The van der Waals surface area contributed by atoms with Crippen LogP contribution in [0.25, 0.3) is 0 Å². The Bertz CT molecular complexity index is 920. The van der Waals surface area contributed by atoms with Crippen LogP contribution in [0.1, 0.15) is 20.3 Å². The van der Waals surface area contributed by atoms with E-state index in [0.29, 0.717) is 50.2 Å². The number of nitrogens with zero attached hydrogens (tertiary/aromatic N) is 4. The Morgan fingerprint density at radius 2 is 1.77 bits per heavy atom. The standard InChI is InChI=1S/C20H31N5O5S/c1-15-10-16(2)13-24(12-15)20(26)14-22-6-8-23(9-7-22)18-5-4-17(31(29,30)21-3)11-19(18)25(27)28/h4-5,11,15-16,21H,6-10,12-14H2,1-3H3. The molecule has 0 radical (unpaired) electrons. The van der Waals surface area contributed by atoms with Crippen molar-refractivity contribution in [3.05, 3.63) is 28.3 Å². The summed E-state index contributed by atoms with van der Waals surface area (Å²) in [6.45, 7) is 8.58. The highest BCUT2D eigenvalue weighted by atomic mass is 32.2. The van der Waals surface area contributed by atoms with E-state index in [2.05, 4.69) is 23.5 Å². The van der Waals surface area contributed by atoms with E-state index in [4.69, 9.17) is 0 Å². The van der Waals surface area contributed by atoms with Gasteiger partial charge in [0.2, 0.25) is 15.9 Å². The maximum Gasteiger partial charge on any atom is 0.293 e. The van der Waals surface area contributed by atoms with Gasteiger partial charge < -0.3 is 9.80 Å².